The van der Waals surface area contributed by atoms with Gasteiger partial charge in [-0.25, -0.2) is 0 Å². The molecule has 3 nitrogen and oxygen atoms in total. The number of benzene rings is 2. The lowest BCUT2D eigenvalue weighted by molar-refractivity contribution is -0.266. The summed E-state index contributed by atoms with van der Waals surface area (Å²) in [5.74, 6) is 0.750. The second kappa shape index (κ2) is 7.55. The molecular weight excluding hydrogens is 403 g/mol. The average Bonchev–Trinajstić information content (AvgIpc) is 3.10. The fourth-order valence-corrected chi connectivity index (χ4v) is 4.03. The van der Waals surface area contributed by atoms with Crippen LogP contribution in [0.15, 0.2) is 36.4 Å². The van der Waals surface area contributed by atoms with Crippen molar-refractivity contribution in [3.05, 3.63) is 63.7 Å². The molecule has 1 unspecified atom stereocenters. The Bertz CT molecular complexity index is 966. The van der Waals surface area contributed by atoms with E-state index in [0.717, 1.165) is 11.3 Å². The molecule has 1 aliphatic heterocycles. The van der Waals surface area contributed by atoms with Crippen LogP contribution in [0.25, 0.3) is 0 Å². The smallest absolute Gasteiger partial charge is 0.417 e. The van der Waals surface area contributed by atoms with E-state index in [1.807, 2.05) is 12.1 Å². The maximum Gasteiger partial charge on any atom is 0.417 e. The third-order valence-electron chi connectivity index (χ3n) is 5.40. The SMILES string of the molecule is CC(C)(CC(O)(Cc1ccc(C#N)cc1Cl)C(F)(F)F)c1ccc2c(c1)CCO2. The summed E-state index contributed by atoms with van der Waals surface area (Å²) >= 11 is 6.07. The zero-order valence-corrected chi connectivity index (χ0v) is 16.9. The Balaban J connectivity index is 1.93. The number of nitriles is 1. The van der Waals surface area contributed by atoms with Gasteiger partial charge >= 0.3 is 6.18 Å². The molecule has 1 aliphatic rings. The first-order chi connectivity index (χ1) is 13.4. The molecule has 0 saturated carbocycles. The number of fused-ring (bicyclic) bond motifs is 1. The zero-order chi connectivity index (χ0) is 21.4. The van der Waals surface area contributed by atoms with Gasteiger partial charge in [0.25, 0.3) is 0 Å². The summed E-state index contributed by atoms with van der Waals surface area (Å²) in [5.41, 5.74) is -1.89. The average molecular weight is 424 g/mol. The van der Waals surface area contributed by atoms with Crippen LogP contribution < -0.4 is 4.74 Å². The monoisotopic (exact) mass is 423 g/mol. The van der Waals surface area contributed by atoms with E-state index in [1.165, 1.54) is 18.2 Å². The minimum atomic E-state index is -4.86. The standard InChI is InChI=1S/C22H21ClF3NO2/c1-20(2,17-5-6-19-15(10-17)7-8-29-19)13-21(28,22(24,25)26)11-16-4-3-14(12-27)9-18(16)23/h3-6,9-10,28H,7-8,11,13H2,1-2H3. The van der Waals surface area contributed by atoms with Crippen molar-refractivity contribution in [2.24, 2.45) is 0 Å². The van der Waals surface area contributed by atoms with E-state index >= 15 is 0 Å². The van der Waals surface area contributed by atoms with Crippen molar-refractivity contribution >= 4 is 11.6 Å². The third-order valence-corrected chi connectivity index (χ3v) is 5.75. The van der Waals surface area contributed by atoms with E-state index in [-0.39, 0.29) is 16.1 Å². The summed E-state index contributed by atoms with van der Waals surface area (Å²) in [7, 11) is 0. The first-order valence-corrected chi connectivity index (χ1v) is 9.57. The molecule has 0 radical (unpaired) electrons. The van der Waals surface area contributed by atoms with Crippen LogP contribution in [0.3, 0.4) is 0 Å². The summed E-state index contributed by atoms with van der Waals surface area (Å²) in [6, 6.07) is 11.3. The van der Waals surface area contributed by atoms with Gasteiger partial charge in [0.05, 0.1) is 18.2 Å². The lowest BCUT2D eigenvalue weighted by Crippen LogP contribution is -2.50. The van der Waals surface area contributed by atoms with Crippen molar-refractivity contribution < 1.29 is 23.0 Å². The van der Waals surface area contributed by atoms with Crippen LogP contribution >= 0.6 is 11.6 Å². The van der Waals surface area contributed by atoms with Gasteiger partial charge in [0.1, 0.15) is 5.75 Å². The lowest BCUT2D eigenvalue weighted by Gasteiger charge is -2.38. The highest BCUT2D eigenvalue weighted by Gasteiger charge is 2.56. The van der Waals surface area contributed by atoms with Crippen LogP contribution in [-0.2, 0) is 18.3 Å². The number of ether oxygens (including phenoxy) is 1. The molecular formula is C22H21ClF3NO2. The van der Waals surface area contributed by atoms with Crippen LogP contribution in [0.5, 0.6) is 5.75 Å². The van der Waals surface area contributed by atoms with Crippen LogP contribution in [-0.4, -0.2) is 23.5 Å². The molecule has 29 heavy (non-hydrogen) atoms. The summed E-state index contributed by atoms with van der Waals surface area (Å²) in [5, 5.41) is 19.7. The fourth-order valence-electron chi connectivity index (χ4n) is 3.78. The third kappa shape index (κ3) is 4.36. The molecule has 2 aromatic rings. The summed E-state index contributed by atoms with van der Waals surface area (Å²) in [4.78, 5) is 0. The first-order valence-electron chi connectivity index (χ1n) is 9.19. The Hall–Kier alpha value is -2.23. The van der Waals surface area contributed by atoms with E-state index in [2.05, 4.69) is 0 Å². The number of nitrogens with zero attached hydrogens (tertiary/aromatic N) is 1. The van der Waals surface area contributed by atoms with Crippen molar-refractivity contribution in [1.82, 2.24) is 0 Å². The Kier molecular flexibility index (Phi) is 5.59. The zero-order valence-electron chi connectivity index (χ0n) is 16.1. The van der Waals surface area contributed by atoms with Gasteiger partial charge in [0.15, 0.2) is 5.60 Å². The molecule has 3 rings (SSSR count). The summed E-state index contributed by atoms with van der Waals surface area (Å²) in [6.45, 7) is 3.92. The van der Waals surface area contributed by atoms with Crippen molar-refractivity contribution in [1.29, 1.82) is 5.26 Å². The van der Waals surface area contributed by atoms with Gasteiger partial charge in [0, 0.05) is 17.9 Å². The molecule has 0 fully saturated rings. The van der Waals surface area contributed by atoms with E-state index < -0.39 is 30.0 Å². The maximum atomic E-state index is 14.0. The number of rotatable bonds is 5. The van der Waals surface area contributed by atoms with Gasteiger partial charge in [-0.05, 0) is 46.7 Å². The number of halogens is 4. The Morgan fingerprint density at radius 3 is 2.52 bits per heavy atom. The number of alkyl halides is 3. The molecule has 154 valence electrons. The van der Waals surface area contributed by atoms with Gasteiger partial charge in [-0.3, -0.25) is 0 Å². The second-order valence-electron chi connectivity index (χ2n) is 8.11. The Labute approximate surface area is 172 Å². The highest BCUT2D eigenvalue weighted by molar-refractivity contribution is 6.31. The molecule has 0 saturated heterocycles. The fraction of sp³-hybridized carbons (Fsp3) is 0.409. The number of aliphatic hydroxyl groups is 1. The van der Waals surface area contributed by atoms with Crippen LogP contribution in [0, 0.1) is 11.3 Å². The lowest BCUT2D eigenvalue weighted by atomic mass is 9.72. The molecule has 0 spiro atoms. The second-order valence-corrected chi connectivity index (χ2v) is 8.51. The molecule has 0 aliphatic carbocycles. The predicted octanol–water partition coefficient (Wildman–Crippen LogP) is 5.35. The Morgan fingerprint density at radius 1 is 1.17 bits per heavy atom. The largest absolute Gasteiger partial charge is 0.493 e. The molecule has 0 bridgehead atoms. The number of hydrogen-bond donors (Lipinski definition) is 1. The van der Waals surface area contributed by atoms with Gasteiger partial charge in [-0.2, -0.15) is 18.4 Å². The minimum absolute atomic E-state index is 0.0270. The van der Waals surface area contributed by atoms with Gasteiger partial charge in [-0.15, -0.1) is 0 Å². The highest BCUT2D eigenvalue weighted by Crippen LogP contribution is 2.44. The molecule has 0 aromatic heterocycles. The van der Waals surface area contributed by atoms with Gasteiger partial charge in [-0.1, -0.05) is 43.6 Å². The van der Waals surface area contributed by atoms with E-state index in [9.17, 15) is 18.3 Å². The first kappa shape index (κ1) is 21.5. The molecule has 0 amide bonds. The summed E-state index contributed by atoms with van der Waals surface area (Å²) in [6.07, 6.45) is -5.39. The molecule has 1 N–H and O–H groups in total. The molecule has 1 heterocycles. The topological polar surface area (TPSA) is 53.2 Å². The normalized spacial score (nSPS) is 15.9. The van der Waals surface area contributed by atoms with Gasteiger partial charge in [0.2, 0.25) is 0 Å². The summed E-state index contributed by atoms with van der Waals surface area (Å²) < 4.78 is 47.4. The quantitative estimate of drug-likeness (QED) is 0.705. The van der Waals surface area contributed by atoms with E-state index in [4.69, 9.17) is 21.6 Å². The van der Waals surface area contributed by atoms with Crippen molar-refractivity contribution in [3.8, 4) is 11.8 Å². The van der Waals surface area contributed by atoms with Crippen molar-refractivity contribution in [2.45, 2.75) is 50.3 Å². The minimum Gasteiger partial charge on any atom is -0.493 e. The van der Waals surface area contributed by atoms with Gasteiger partial charge < -0.3 is 9.84 Å². The molecule has 1 atom stereocenters. The van der Waals surface area contributed by atoms with Crippen LogP contribution in [0.1, 0.15) is 42.5 Å². The molecule has 2 aromatic carbocycles. The van der Waals surface area contributed by atoms with E-state index in [1.54, 1.807) is 26.0 Å². The molecule has 7 heteroatoms. The van der Waals surface area contributed by atoms with Crippen LogP contribution in [0.4, 0.5) is 13.2 Å². The van der Waals surface area contributed by atoms with Crippen LogP contribution in [0.2, 0.25) is 5.02 Å². The highest BCUT2D eigenvalue weighted by atomic mass is 35.5. The number of hydrogen-bond acceptors (Lipinski definition) is 3. The van der Waals surface area contributed by atoms with Crippen molar-refractivity contribution in [2.75, 3.05) is 6.61 Å². The predicted molar refractivity (Wildman–Crippen MR) is 104 cm³/mol. The Morgan fingerprint density at radius 2 is 1.90 bits per heavy atom. The van der Waals surface area contributed by atoms with Crippen molar-refractivity contribution in [3.63, 3.8) is 0 Å². The van der Waals surface area contributed by atoms with E-state index in [0.29, 0.717) is 18.6 Å². The maximum absolute atomic E-state index is 14.0.